The van der Waals surface area contributed by atoms with Crippen molar-refractivity contribution < 1.29 is 4.74 Å². The highest BCUT2D eigenvalue weighted by Gasteiger charge is 2.17. The minimum atomic E-state index is 0.458. The van der Waals surface area contributed by atoms with E-state index in [1.165, 1.54) is 0 Å². The second-order valence-corrected chi connectivity index (χ2v) is 8.22. The highest BCUT2D eigenvalue weighted by Crippen LogP contribution is 2.35. The van der Waals surface area contributed by atoms with Gasteiger partial charge in [0.1, 0.15) is 33.6 Å². The largest absolute Gasteiger partial charge is 0.489 e. The van der Waals surface area contributed by atoms with Crippen molar-refractivity contribution in [2.45, 2.75) is 20.5 Å². The van der Waals surface area contributed by atoms with Gasteiger partial charge in [-0.25, -0.2) is 9.97 Å². The van der Waals surface area contributed by atoms with Crippen molar-refractivity contribution in [1.82, 2.24) is 19.5 Å². The Labute approximate surface area is 188 Å². The summed E-state index contributed by atoms with van der Waals surface area (Å²) in [7, 11) is 1.97. The highest BCUT2D eigenvalue weighted by atomic mass is 79.9. The van der Waals surface area contributed by atoms with Crippen LogP contribution in [0.15, 0.2) is 59.5 Å². The van der Waals surface area contributed by atoms with Crippen LogP contribution in [-0.4, -0.2) is 19.5 Å². The Morgan fingerprint density at radius 2 is 1.87 bits per heavy atom. The number of hydrogen-bond acceptors (Lipinski definition) is 4. The number of hydrogen-bond donors (Lipinski definition) is 0. The molecule has 0 saturated heterocycles. The maximum absolute atomic E-state index is 5.95. The van der Waals surface area contributed by atoms with E-state index >= 15 is 0 Å². The van der Waals surface area contributed by atoms with Gasteiger partial charge in [-0.05, 0) is 71.7 Å². The van der Waals surface area contributed by atoms with Crippen LogP contribution in [0.25, 0.3) is 22.6 Å². The molecule has 4 rings (SSSR count). The Morgan fingerprint density at radius 1 is 1.03 bits per heavy atom. The van der Waals surface area contributed by atoms with Crippen LogP contribution >= 0.6 is 27.5 Å². The van der Waals surface area contributed by atoms with Gasteiger partial charge in [-0.1, -0.05) is 17.7 Å². The summed E-state index contributed by atoms with van der Waals surface area (Å²) < 4.78 is 8.84. The van der Waals surface area contributed by atoms with E-state index in [1.54, 1.807) is 12.3 Å². The molecular formula is C23H20BrClN4O. The quantitative estimate of drug-likeness (QED) is 0.319. The van der Waals surface area contributed by atoms with Crippen LogP contribution in [0.1, 0.15) is 16.8 Å². The third kappa shape index (κ3) is 4.25. The summed E-state index contributed by atoms with van der Waals surface area (Å²) in [5.41, 5.74) is 5.92. The van der Waals surface area contributed by atoms with Crippen LogP contribution in [0.4, 0.5) is 0 Å². The van der Waals surface area contributed by atoms with Gasteiger partial charge in [-0.15, -0.1) is 0 Å². The van der Waals surface area contributed by atoms with Crippen molar-refractivity contribution in [3.63, 3.8) is 0 Å². The van der Waals surface area contributed by atoms with E-state index in [0.717, 1.165) is 49.8 Å². The van der Waals surface area contributed by atoms with Gasteiger partial charge in [-0.3, -0.25) is 4.98 Å². The number of imidazole rings is 1. The Morgan fingerprint density at radius 3 is 2.53 bits per heavy atom. The molecule has 0 radical (unpaired) electrons. The number of rotatable bonds is 5. The maximum atomic E-state index is 5.95. The molecule has 30 heavy (non-hydrogen) atoms. The summed E-state index contributed by atoms with van der Waals surface area (Å²) in [6.45, 7) is 4.50. The van der Waals surface area contributed by atoms with Gasteiger partial charge in [0.25, 0.3) is 0 Å². The molecule has 0 amide bonds. The highest BCUT2D eigenvalue weighted by molar-refractivity contribution is 9.10. The topological polar surface area (TPSA) is 52.8 Å². The number of benzene rings is 1. The Hall–Kier alpha value is -2.70. The lowest BCUT2D eigenvalue weighted by Crippen LogP contribution is -1.97. The second-order valence-electron chi connectivity index (χ2n) is 7.08. The first-order valence-electron chi connectivity index (χ1n) is 9.42. The van der Waals surface area contributed by atoms with E-state index in [4.69, 9.17) is 21.3 Å². The second kappa shape index (κ2) is 8.58. The van der Waals surface area contributed by atoms with E-state index < -0.39 is 0 Å². The van der Waals surface area contributed by atoms with Crippen molar-refractivity contribution in [1.29, 1.82) is 0 Å². The normalized spacial score (nSPS) is 11.0. The van der Waals surface area contributed by atoms with Crippen molar-refractivity contribution in [2.24, 2.45) is 7.05 Å². The lowest BCUT2D eigenvalue weighted by Gasteiger charge is -2.10. The molecule has 152 valence electrons. The molecule has 1 aromatic carbocycles. The Balaban J connectivity index is 1.59. The van der Waals surface area contributed by atoms with Gasteiger partial charge in [0.15, 0.2) is 0 Å². The van der Waals surface area contributed by atoms with Gasteiger partial charge >= 0.3 is 0 Å². The third-order valence-electron chi connectivity index (χ3n) is 4.84. The summed E-state index contributed by atoms with van der Waals surface area (Å²) >= 11 is 9.60. The standard InChI is InChI=1S/C23H20BrClN4O/c1-14-10-18(30-13-16-5-4-15(2)26-11-16)7-8-19(14)21-22(24)29(3)23(28-21)17-6-9-20(25)27-12-17/h4-12H,13H2,1-3H3. The lowest BCUT2D eigenvalue weighted by molar-refractivity contribution is 0.305. The van der Waals surface area contributed by atoms with E-state index in [1.807, 2.05) is 61.1 Å². The monoisotopic (exact) mass is 482 g/mol. The van der Waals surface area contributed by atoms with Crippen LogP contribution < -0.4 is 4.74 Å². The van der Waals surface area contributed by atoms with Crippen LogP contribution in [0.2, 0.25) is 5.15 Å². The van der Waals surface area contributed by atoms with Crippen molar-refractivity contribution in [2.75, 3.05) is 0 Å². The molecule has 3 aromatic heterocycles. The molecule has 5 nitrogen and oxygen atoms in total. The lowest BCUT2D eigenvalue weighted by atomic mass is 10.1. The molecule has 0 N–H and O–H groups in total. The molecule has 0 aliphatic carbocycles. The summed E-state index contributed by atoms with van der Waals surface area (Å²) in [5.74, 6) is 1.62. The zero-order chi connectivity index (χ0) is 21.3. The van der Waals surface area contributed by atoms with Gasteiger partial charge in [0.05, 0.1) is 0 Å². The molecule has 0 saturated carbocycles. The smallest absolute Gasteiger partial charge is 0.142 e. The first kappa shape index (κ1) is 20.6. The summed E-state index contributed by atoms with van der Waals surface area (Å²) in [5, 5.41) is 0.458. The van der Waals surface area contributed by atoms with Gasteiger partial charge in [0, 0.05) is 41.8 Å². The molecule has 4 aromatic rings. The van der Waals surface area contributed by atoms with Gasteiger partial charge < -0.3 is 9.30 Å². The Bertz CT molecular complexity index is 1190. The van der Waals surface area contributed by atoms with Crippen molar-refractivity contribution in [3.05, 3.63) is 81.4 Å². The van der Waals surface area contributed by atoms with E-state index in [-0.39, 0.29) is 0 Å². The zero-order valence-corrected chi connectivity index (χ0v) is 19.2. The molecule has 3 heterocycles. The molecule has 0 atom stereocenters. The first-order chi connectivity index (χ1) is 14.4. The molecule has 0 fully saturated rings. The summed E-state index contributed by atoms with van der Waals surface area (Å²) in [6.07, 6.45) is 3.57. The van der Waals surface area contributed by atoms with Gasteiger partial charge in [0.2, 0.25) is 0 Å². The number of ether oxygens (including phenoxy) is 1. The predicted octanol–water partition coefficient (Wildman–Crippen LogP) is 6.16. The SMILES string of the molecule is Cc1ccc(COc2ccc(-c3nc(-c4ccc(Cl)nc4)n(C)c3Br)c(C)c2)cn1. The fraction of sp³-hybridized carbons (Fsp3) is 0.174. The number of halogens is 2. The first-order valence-corrected chi connectivity index (χ1v) is 10.6. The maximum Gasteiger partial charge on any atom is 0.142 e. The summed E-state index contributed by atoms with van der Waals surface area (Å²) in [6, 6.07) is 13.7. The predicted molar refractivity (Wildman–Crippen MR) is 123 cm³/mol. The number of nitrogens with zero attached hydrogens (tertiary/aromatic N) is 4. The fourth-order valence-corrected chi connectivity index (χ4v) is 3.74. The average Bonchev–Trinajstić information content (AvgIpc) is 3.03. The van der Waals surface area contributed by atoms with E-state index in [9.17, 15) is 0 Å². The minimum absolute atomic E-state index is 0.458. The molecule has 0 aliphatic rings. The number of aromatic nitrogens is 4. The molecular weight excluding hydrogens is 464 g/mol. The average molecular weight is 484 g/mol. The fourth-order valence-electron chi connectivity index (χ4n) is 3.16. The summed E-state index contributed by atoms with van der Waals surface area (Å²) in [4.78, 5) is 13.3. The molecule has 0 aliphatic heterocycles. The minimum Gasteiger partial charge on any atom is -0.489 e. The van der Waals surface area contributed by atoms with E-state index in [2.05, 4.69) is 32.8 Å². The Kier molecular flexibility index (Phi) is 5.88. The molecule has 7 heteroatoms. The van der Waals surface area contributed by atoms with Crippen LogP contribution in [0, 0.1) is 13.8 Å². The van der Waals surface area contributed by atoms with Crippen LogP contribution in [-0.2, 0) is 13.7 Å². The zero-order valence-electron chi connectivity index (χ0n) is 16.9. The molecule has 0 unspecified atom stereocenters. The van der Waals surface area contributed by atoms with Crippen molar-refractivity contribution in [3.8, 4) is 28.4 Å². The third-order valence-corrected chi connectivity index (χ3v) is 5.97. The molecule has 0 bridgehead atoms. The number of pyridine rings is 2. The van der Waals surface area contributed by atoms with Crippen LogP contribution in [0.5, 0.6) is 5.75 Å². The van der Waals surface area contributed by atoms with E-state index in [0.29, 0.717) is 11.8 Å². The van der Waals surface area contributed by atoms with Crippen molar-refractivity contribution >= 4 is 27.5 Å². The molecule has 0 spiro atoms. The number of aryl methyl sites for hydroxylation is 2. The van der Waals surface area contributed by atoms with Crippen LogP contribution in [0.3, 0.4) is 0 Å². The van der Waals surface area contributed by atoms with Gasteiger partial charge in [-0.2, -0.15) is 0 Å².